The fourth-order valence-corrected chi connectivity index (χ4v) is 2.67. The van der Waals surface area contributed by atoms with Gasteiger partial charge in [-0.05, 0) is 38.8 Å². The van der Waals surface area contributed by atoms with Crippen molar-refractivity contribution in [3.05, 3.63) is 33.9 Å². The van der Waals surface area contributed by atoms with E-state index in [9.17, 15) is 14.9 Å². The molecule has 0 saturated carbocycles. The smallest absolute Gasteiger partial charge is 0.293 e. The van der Waals surface area contributed by atoms with Crippen LogP contribution in [-0.4, -0.2) is 34.9 Å². The first-order valence-electron chi connectivity index (χ1n) is 6.65. The fraction of sp³-hybridized carbons (Fsp3) is 0.500. The molecule has 6 heteroatoms. The lowest BCUT2D eigenvalue weighted by Gasteiger charge is -2.31. The molecule has 1 aliphatic heterocycles. The van der Waals surface area contributed by atoms with Gasteiger partial charge in [-0.2, -0.15) is 0 Å². The first-order valence-corrected chi connectivity index (χ1v) is 6.65. The lowest BCUT2D eigenvalue weighted by atomic mass is 10.0. The highest BCUT2D eigenvalue weighted by Crippen LogP contribution is 2.31. The Morgan fingerprint density at radius 1 is 1.45 bits per heavy atom. The topological polar surface area (TPSA) is 75.5 Å². The minimum Gasteiger partial charge on any atom is -0.383 e. The van der Waals surface area contributed by atoms with E-state index < -0.39 is 4.92 Å². The summed E-state index contributed by atoms with van der Waals surface area (Å²) in [5.41, 5.74) is 0.515. The summed E-state index contributed by atoms with van der Waals surface area (Å²) in [5.74, 6) is -0.141. The van der Waals surface area contributed by atoms with Crippen molar-refractivity contribution in [3.63, 3.8) is 0 Å². The molecular weight excluding hydrogens is 258 g/mol. The number of nitrogens with zero attached hydrogens (tertiary/aromatic N) is 2. The van der Waals surface area contributed by atoms with Crippen molar-refractivity contribution >= 4 is 17.3 Å². The van der Waals surface area contributed by atoms with E-state index in [1.807, 2.05) is 13.8 Å². The first kappa shape index (κ1) is 14.3. The average Bonchev–Trinajstić information content (AvgIpc) is 2.76. The van der Waals surface area contributed by atoms with Gasteiger partial charge in [0.1, 0.15) is 5.69 Å². The minimum absolute atomic E-state index is 0.0737. The molecular formula is C14H19N3O3. The molecule has 0 aliphatic carbocycles. The van der Waals surface area contributed by atoms with E-state index >= 15 is 0 Å². The van der Waals surface area contributed by atoms with Crippen LogP contribution in [-0.2, 0) is 0 Å². The molecule has 0 spiro atoms. The summed E-state index contributed by atoms with van der Waals surface area (Å²) >= 11 is 0. The molecule has 1 aromatic carbocycles. The third kappa shape index (κ3) is 2.45. The van der Waals surface area contributed by atoms with Crippen LogP contribution in [0.3, 0.4) is 0 Å². The van der Waals surface area contributed by atoms with Gasteiger partial charge in [-0.3, -0.25) is 14.9 Å². The van der Waals surface area contributed by atoms with E-state index in [2.05, 4.69) is 5.32 Å². The molecule has 0 radical (unpaired) electrons. The van der Waals surface area contributed by atoms with Gasteiger partial charge >= 0.3 is 0 Å². The number of carbonyl (C=O) groups is 1. The molecule has 0 unspecified atom stereocenters. The van der Waals surface area contributed by atoms with Gasteiger partial charge in [-0.15, -0.1) is 0 Å². The van der Waals surface area contributed by atoms with E-state index in [0.29, 0.717) is 17.8 Å². The molecule has 0 atom stereocenters. The van der Waals surface area contributed by atoms with E-state index in [-0.39, 0.29) is 17.1 Å². The normalized spacial score (nSPS) is 17.1. The zero-order valence-electron chi connectivity index (χ0n) is 12.0. The lowest BCUT2D eigenvalue weighted by Crippen LogP contribution is -2.42. The summed E-state index contributed by atoms with van der Waals surface area (Å²) in [5, 5.41) is 13.8. The molecule has 20 heavy (non-hydrogen) atoms. The van der Waals surface area contributed by atoms with Crippen LogP contribution < -0.4 is 5.32 Å². The number of hydrogen-bond acceptors (Lipinski definition) is 4. The van der Waals surface area contributed by atoms with Crippen LogP contribution in [0.4, 0.5) is 11.4 Å². The van der Waals surface area contributed by atoms with Gasteiger partial charge in [0.2, 0.25) is 0 Å². The van der Waals surface area contributed by atoms with Crippen LogP contribution in [0, 0.1) is 10.1 Å². The minimum atomic E-state index is -0.474. The molecule has 0 aromatic heterocycles. The maximum atomic E-state index is 12.5. The van der Waals surface area contributed by atoms with Crippen LogP contribution in [0.15, 0.2) is 18.2 Å². The van der Waals surface area contributed by atoms with Gasteiger partial charge in [-0.25, -0.2) is 0 Å². The Balaban J connectivity index is 2.36. The molecule has 108 valence electrons. The van der Waals surface area contributed by atoms with E-state index in [1.54, 1.807) is 24.1 Å². The maximum absolute atomic E-state index is 12.5. The molecule has 1 fully saturated rings. The standard InChI is InChI=1S/C14H19N3O3/c1-14(2)7-4-8-16(14)13(18)10-5-6-11(15-3)12(9-10)17(19)20/h5-6,9,15H,4,7-8H2,1-3H3. The number of nitro benzene ring substituents is 1. The molecule has 1 amide bonds. The average molecular weight is 277 g/mol. The molecule has 1 saturated heterocycles. The van der Waals surface area contributed by atoms with Gasteiger partial charge < -0.3 is 10.2 Å². The monoisotopic (exact) mass is 277 g/mol. The molecule has 1 heterocycles. The van der Waals surface area contributed by atoms with E-state index in [0.717, 1.165) is 12.8 Å². The molecule has 1 N–H and O–H groups in total. The zero-order valence-corrected chi connectivity index (χ0v) is 12.0. The summed E-state index contributed by atoms with van der Waals surface area (Å²) in [7, 11) is 1.62. The van der Waals surface area contributed by atoms with Crippen molar-refractivity contribution in [2.75, 3.05) is 18.9 Å². The Kier molecular flexibility index (Phi) is 3.65. The van der Waals surface area contributed by atoms with Crippen molar-refractivity contribution in [3.8, 4) is 0 Å². The Morgan fingerprint density at radius 2 is 2.15 bits per heavy atom. The van der Waals surface area contributed by atoms with Gasteiger partial charge in [0.25, 0.3) is 11.6 Å². The maximum Gasteiger partial charge on any atom is 0.293 e. The number of nitrogens with one attached hydrogen (secondary N) is 1. The largest absolute Gasteiger partial charge is 0.383 e. The second kappa shape index (κ2) is 5.11. The number of likely N-dealkylation sites (tertiary alicyclic amines) is 1. The van der Waals surface area contributed by atoms with Crippen LogP contribution in [0.25, 0.3) is 0 Å². The number of anilines is 1. The molecule has 6 nitrogen and oxygen atoms in total. The quantitative estimate of drug-likeness (QED) is 0.680. The van der Waals surface area contributed by atoms with Crippen LogP contribution >= 0.6 is 0 Å². The van der Waals surface area contributed by atoms with Gasteiger partial charge in [0, 0.05) is 30.8 Å². The molecule has 1 aromatic rings. The van der Waals surface area contributed by atoms with Crippen LogP contribution in [0.5, 0.6) is 0 Å². The predicted molar refractivity (Wildman–Crippen MR) is 77.0 cm³/mol. The van der Waals surface area contributed by atoms with Crippen molar-refractivity contribution in [2.24, 2.45) is 0 Å². The first-order chi connectivity index (χ1) is 9.36. The van der Waals surface area contributed by atoms with Gasteiger partial charge in [-0.1, -0.05) is 0 Å². The summed E-state index contributed by atoms with van der Waals surface area (Å²) < 4.78 is 0. The predicted octanol–water partition coefficient (Wildman–Crippen LogP) is 2.65. The lowest BCUT2D eigenvalue weighted by molar-refractivity contribution is -0.384. The number of rotatable bonds is 3. The number of hydrogen-bond donors (Lipinski definition) is 1. The second-order valence-corrected chi connectivity index (χ2v) is 5.61. The second-order valence-electron chi connectivity index (χ2n) is 5.61. The third-order valence-corrected chi connectivity index (χ3v) is 3.86. The fourth-order valence-electron chi connectivity index (χ4n) is 2.67. The Hall–Kier alpha value is -2.11. The van der Waals surface area contributed by atoms with Crippen molar-refractivity contribution in [2.45, 2.75) is 32.2 Å². The number of amides is 1. The SMILES string of the molecule is CNc1ccc(C(=O)N2CCCC2(C)C)cc1[N+](=O)[O-]. The van der Waals surface area contributed by atoms with Gasteiger partial charge in [0.05, 0.1) is 4.92 Å². The van der Waals surface area contributed by atoms with Crippen molar-refractivity contribution in [1.29, 1.82) is 0 Å². The highest BCUT2D eigenvalue weighted by Gasteiger charge is 2.36. The molecule has 0 bridgehead atoms. The molecule has 1 aliphatic rings. The number of nitro groups is 1. The van der Waals surface area contributed by atoms with Crippen molar-refractivity contribution in [1.82, 2.24) is 4.90 Å². The summed E-state index contributed by atoms with van der Waals surface area (Å²) in [6, 6.07) is 4.56. The summed E-state index contributed by atoms with van der Waals surface area (Å²) in [6.07, 6.45) is 1.92. The van der Waals surface area contributed by atoms with Crippen LogP contribution in [0.2, 0.25) is 0 Å². The Bertz CT molecular complexity index is 555. The van der Waals surface area contributed by atoms with E-state index in [1.165, 1.54) is 6.07 Å². The van der Waals surface area contributed by atoms with Gasteiger partial charge in [0.15, 0.2) is 0 Å². The summed E-state index contributed by atoms with van der Waals surface area (Å²) in [6.45, 7) is 4.75. The number of benzene rings is 1. The van der Waals surface area contributed by atoms with E-state index in [4.69, 9.17) is 0 Å². The zero-order chi connectivity index (χ0) is 14.9. The van der Waals surface area contributed by atoms with Crippen molar-refractivity contribution < 1.29 is 9.72 Å². The number of carbonyl (C=O) groups excluding carboxylic acids is 1. The Labute approximate surface area is 117 Å². The highest BCUT2D eigenvalue weighted by atomic mass is 16.6. The third-order valence-electron chi connectivity index (χ3n) is 3.86. The summed E-state index contributed by atoms with van der Waals surface area (Å²) in [4.78, 5) is 24.9. The molecule has 2 rings (SSSR count). The highest BCUT2D eigenvalue weighted by molar-refractivity contribution is 5.96. The van der Waals surface area contributed by atoms with Crippen LogP contribution in [0.1, 0.15) is 37.0 Å². The Morgan fingerprint density at radius 3 is 2.65 bits per heavy atom.